The van der Waals surface area contributed by atoms with Crippen LogP contribution < -0.4 is 0 Å². The summed E-state index contributed by atoms with van der Waals surface area (Å²) in [5, 5.41) is 0. The number of Topliss-reactive ketones (excluding diaryl/α,β-unsaturated/α-hetero) is 1. The number of nitrogens with zero attached hydrogens (tertiary/aromatic N) is 1. The molecule has 0 aromatic heterocycles. The molecule has 1 fully saturated rings. The van der Waals surface area contributed by atoms with E-state index in [2.05, 4.69) is 6.58 Å². The van der Waals surface area contributed by atoms with Crippen molar-refractivity contribution in [3.05, 3.63) is 12.2 Å². The molecule has 0 aliphatic carbocycles. The normalized spacial score (nSPS) is 23.1. The lowest BCUT2D eigenvalue weighted by molar-refractivity contribution is -0.150. The molecule has 1 saturated heterocycles. The van der Waals surface area contributed by atoms with Gasteiger partial charge in [0.25, 0.3) is 0 Å². The number of rotatable bonds is 1. The second kappa shape index (κ2) is 3.72. The molecule has 0 aromatic rings. The summed E-state index contributed by atoms with van der Waals surface area (Å²) in [7, 11) is 0. The van der Waals surface area contributed by atoms with Crippen LogP contribution in [0.5, 0.6) is 0 Å². The van der Waals surface area contributed by atoms with Gasteiger partial charge in [-0.1, -0.05) is 6.58 Å². The highest BCUT2D eigenvalue weighted by atomic mass is 16.2. The molecule has 0 unspecified atom stereocenters. The van der Waals surface area contributed by atoms with E-state index in [4.69, 9.17) is 0 Å². The van der Waals surface area contributed by atoms with Crippen LogP contribution >= 0.6 is 0 Å². The Morgan fingerprint density at radius 2 is 1.56 bits per heavy atom. The van der Waals surface area contributed by atoms with E-state index in [-0.39, 0.29) is 11.7 Å². The van der Waals surface area contributed by atoms with Gasteiger partial charge in [-0.05, 0) is 34.6 Å². The van der Waals surface area contributed by atoms with Crippen LogP contribution in [0.3, 0.4) is 0 Å². The lowest BCUT2D eigenvalue weighted by Crippen LogP contribution is -2.63. The molecule has 3 nitrogen and oxygen atoms in total. The summed E-state index contributed by atoms with van der Waals surface area (Å²) in [5.41, 5.74) is -0.320. The van der Waals surface area contributed by atoms with Crippen LogP contribution in [-0.2, 0) is 9.59 Å². The Labute approximate surface area is 97.5 Å². The van der Waals surface area contributed by atoms with Crippen LogP contribution in [0.4, 0.5) is 0 Å². The Bertz CT molecular complexity index is 333. The van der Waals surface area contributed by atoms with Gasteiger partial charge in [-0.2, -0.15) is 0 Å². The quantitative estimate of drug-likeness (QED) is 0.640. The first-order chi connectivity index (χ1) is 7.08. The van der Waals surface area contributed by atoms with Gasteiger partial charge in [0, 0.05) is 29.5 Å². The van der Waals surface area contributed by atoms with Crippen molar-refractivity contribution >= 4 is 11.7 Å². The predicted molar refractivity (Wildman–Crippen MR) is 64.1 cm³/mol. The standard InChI is InChI=1S/C13H21NO2/c1-9(2)11(16)14-12(3,4)7-10(15)8-13(14,5)6/h1,7-8H2,2-6H3. The van der Waals surface area contributed by atoms with Gasteiger partial charge < -0.3 is 4.90 Å². The zero-order valence-electron chi connectivity index (χ0n) is 10.9. The van der Waals surface area contributed by atoms with Crippen molar-refractivity contribution in [1.82, 2.24) is 4.90 Å². The molecule has 0 atom stereocenters. The fourth-order valence-corrected chi connectivity index (χ4v) is 2.75. The molecule has 1 aliphatic heterocycles. The van der Waals surface area contributed by atoms with Crippen molar-refractivity contribution in [3.8, 4) is 0 Å². The molecule has 90 valence electrons. The Hall–Kier alpha value is -1.12. The number of carbonyl (C=O) groups excluding carboxylic acids is 2. The third-order valence-corrected chi connectivity index (χ3v) is 3.04. The second-order valence-electron chi connectivity index (χ2n) is 5.94. The van der Waals surface area contributed by atoms with Crippen molar-refractivity contribution in [2.24, 2.45) is 0 Å². The van der Waals surface area contributed by atoms with Crippen LogP contribution in [0.25, 0.3) is 0 Å². The van der Waals surface area contributed by atoms with Crippen molar-refractivity contribution in [2.75, 3.05) is 0 Å². The molecule has 0 bridgehead atoms. The first-order valence-corrected chi connectivity index (χ1v) is 5.60. The molecule has 0 radical (unpaired) electrons. The van der Waals surface area contributed by atoms with E-state index in [1.807, 2.05) is 32.6 Å². The minimum absolute atomic E-state index is 0.0532. The second-order valence-corrected chi connectivity index (χ2v) is 5.94. The highest BCUT2D eigenvalue weighted by molar-refractivity contribution is 5.95. The van der Waals surface area contributed by atoms with Gasteiger partial charge in [-0.25, -0.2) is 0 Å². The van der Waals surface area contributed by atoms with E-state index in [0.29, 0.717) is 18.4 Å². The van der Waals surface area contributed by atoms with Gasteiger partial charge in [0.1, 0.15) is 5.78 Å². The summed E-state index contributed by atoms with van der Waals surface area (Å²) in [5.74, 6) is 0.170. The van der Waals surface area contributed by atoms with Crippen LogP contribution in [0.2, 0.25) is 0 Å². The minimum atomic E-state index is -0.422. The first-order valence-electron chi connectivity index (χ1n) is 5.60. The fourth-order valence-electron chi connectivity index (χ4n) is 2.75. The lowest BCUT2D eigenvalue weighted by Gasteiger charge is -2.52. The Kier molecular flexibility index (Phi) is 3.01. The van der Waals surface area contributed by atoms with Gasteiger partial charge in [-0.3, -0.25) is 9.59 Å². The third-order valence-electron chi connectivity index (χ3n) is 3.04. The van der Waals surface area contributed by atoms with Crippen molar-refractivity contribution in [2.45, 2.75) is 58.5 Å². The maximum Gasteiger partial charge on any atom is 0.249 e. The Morgan fingerprint density at radius 3 is 1.88 bits per heavy atom. The minimum Gasteiger partial charge on any atom is -0.328 e. The summed E-state index contributed by atoms with van der Waals surface area (Å²) >= 11 is 0. The molecule has 0 spiro atoms. The SMILES string of the molecule is C=C(C)C(=O)N1C(C)(C)CC(=O)CC1(C)C. The average Bonchev–Trinajstić information content (AvgIpc) is 1.96. The molecular formula is C13H21NO2. The van der Waals surface area contributed by atoms with Gasteiger partial charge in [0.05, 0.1) is 0 Å². The van der Waals surface area contributed by atoms with E-state index in [1.165, 1.54) is 0 Å². The molecular weight excluding hydrogens is 202 g/mol. The van der Waals surface area contributed by atoms with Crippen molar-refractivity contribution < 1.29 is 9.59 Å². The number of amides is 1. The summed E-state index contributed by atoms with van der Waals surface area (Å²) < 4.78 is 0. The average molecular weight is 223 g/mol. The van der Waals surface area contributed by atoms with Crippen molar-refractivity contribution in [1.29, 1.82) is 0 Å². The van der Waals surface area contributed by atoms with Crippen LogP contribution in [0.1, 0.15) is 47.5 Å². The van der Waals surface area contributed by atoms with E-state index in [1.54, 1.807) is 6.92 Å². The topological polar surface area (TPSA) is 37.4 Å². The largest absolute Gasteiger partial charge is 0.328 e. The number of likely N-dealkylation sites (tertiary alicyclic amines) is 1. The Morgan fingerprint density at radius 1 is 1.19 bits per heavy atom. The van der Waals surface area contributed by atoms with E-state index < -0.39 is 11.1 Å². The molecule has 0 N–H and O–H groups in total. The highest BCUT2D eigenvalue weighted by Crippen LogP contribution is 2.37. The number of hydrogen-bond acceptors (Lipinski definition) is 2. The summed E-state index contributed by atoms with van der Waals surface area (Å²) in [6.07, 6.45) is 0.852. The van der Waals surface area contributed by atoms with Crippen LogP contribution in [0.15, 0.2) is 12.2 Å². The predicted octanol–water partition coefficient (Wildman–Crippen LogP) is 2.31. The van der Waals surface area contributed by atoms with Crippen LogP contribution in [0, 0.1) is 0 Å². The van der Waals surface area contributed by atoms with Crippen molar-refractivity contribution in [3.63, 3.8) is 0 Å². The van der Waals surface area contributed by atoms with E-state index >= 15 is 0 Å². The number of piperidine rings is 1. The van der Waals surface area contributed by atoms with E-state index in [9.17, 15) is 9.59 Å². The summed E-state index contributed by atoms with van der Waals surface area (Å²) in [6.45, 7) is 13.2. The molecule has 1 heterocycles. The summed E-state index contributed by atoms with van der Waals surface area (Å²) in [4.78, 5) is 25.6. The van der Waals surface area contributed by atoms with Gasteiger partial charge in [0.2, 0.25) is 5.91 Å². The zero-order chi connectivity index (χ0) is 12.7. The van der Waals surface area contributed by atoms with Gasteiger partial charge in [-0.15, -0.1) is 0 Å². The number of ketones is 1. The maximum absolute atomic E-state index is 12.2. The van der Waals surface area contributed by atoms with Crippen LogP contribution in [-0.4, -0.2) is 27.7 Å². The number of carbonyl (C=O) groups is 2. The zero-order valence-corrected chi connectivity index (χ0v) is 10.9. The highest BCUT2D eigenvalue weighted by Gasteiger charge is 2.47. The molecule has 0 aromatic carbocycles. The lowest BCUT2D eigenvalue weighted by atomic mass is 9.78. The molecule has 1 aliphatic rings. The molecule has 3 heteroatoms. The third kappa shape index (κ3) is 2.18. The van der Waals surface area contributed by atoms with Gasteiger partial charge >= 0.3 is 0 Å². The summed E-state index contributed by atoms with van der Waals surface area (Å²) in [6, 6.07) is 0. The van der Waals surface area contributed by atoms with E-state index in [0.717, 1.165) is 0 Å². The molecule has 1 rings (SSSR count). The molecule has 1 amide bonds. The number of hydrogen-bond donors (Lipinski definition) is 0. The first kappa shape index (κ1) is 12.9. The monoisotopic (exact) mass is 223 g/mol. The molecule has 0 saturated carbocycles. The van der Waals surface area contributed by atoms with Gasteiger partial charge in [0.15, 0.2) is 0 Å². The fraction of sp³-hybridized carbons (Fsp3) is 0.692. The maximum atomic E-state index is 12.2. The molecule has 16 heavy (non-hydrogen) atoms. The Balaban J connectivity index is 3.16. The smallest absolute Gasteiger partial charge is 0.249 e.